The van der Waals surface area contributed by atoms with E-state index in [2.05, 4.69) is 11.2 Å². The summed E-state index contributed by atoms with van der Waals surface area (Å²) in [5, 5.41) is 20.6. The van der Waals surface area contributed by atoms with E-state index in [4.69, 9.17) is 10.5 Å². The van der Waals surface area contributed by atoms with Crippen molar-refractivity contribution >= 4 is 37.9 Å². The van der Waals surface area contributed by atoms with Gasteiger partial charge >= 0.3 is 0 Å². The van der Waals surface area contributed by atoms with Crippen LogP contribution in [-0.4, -0.2) is 11.9 Å². The molecule has 0 heterocycles. The number of nitrogens with zero attached hydrogens (tertiary/aromatic N) is 2. The maximum atomic E-state index is 15.4. The molecule has 6 aromatic rings. The van der Waals surface area contributed by atoms with Crippen LogP contribution in [0.1, 0.15) is 11.1 Å². The fourth-order valence-electron chi connectivity index (χ4n) is 6.86. The van der Waals surface area contributed by atoms with Gasteiger partial charge in [0.1, 0.15) is 76.1 Å². The van der Waals surface area contributed by atoms with Gasteiger partial charge in [0.15, 0.2) is 90.7 Å². The minimum absolute atomic E-state index is 0.0442. The molecule has 0 N–H and O–H groups in total. The van der Waals surface area contributed by atoms with Crippen molar-refractivity contribution in [1.82, 2.24) is 0 Å². The molecule has 0 aromatic heterocycles. The zero-order chi connectivity index (χ0) is 51.6. The highest BCUT2D eigenvalue weighted by atomic mass is 32.2. The van der Waals surface area contributed by atoms with Crippen molar-refractivity contribution < 1.29 is 92.0 Å². The predicted molar refractivity (Wildman–Crippen MR) is 205 cm³/mol. The summed E-state index contributed by atoms with van der Waals surface area (Å²) in [6, 6.07) is 22.3. The van der Waals surface area contributed by atoms with Crippen molar-refractivity contribution in [3.05, 3.63) is 200 Å². The van der Waals surface area contributed by atoms with Gasteiger partial charge in [0.25, 0.3) is 0 Å². The van der Waals surface area contributed by atoms with Crippen LogP contribution >= 0.6 is 0 Å². The highest BCUT2D eigenvalue weighted by molar-refractivity contribution is 8.06. The van der Waals surface area contributed by atoms with Crippen LogP contribution in [0.15, 0.2) is 72.3 Å². The molecule has 0 saturated carbocycles. The standard InChI is InChI=1S/C24BF20.C20H15N2OS/c26-5-1(6(27)14(35)21(42)13(5)34)25(2-7(28)15(36)22(43)16(37)8(2)29,3-9(30)17(38)23(44)18(39)10(3)31)4-11(32)19(40)24(45)20(41)12(4)33;21-15-20(16-22)12-14-24(23,17-19-9-5-2-6-10-19)13-11-18-7-3-1-4-8-18/h;1-10,12H,14,17H2/q-1;+1. The molecule has 0 bridgehead atoms. The molecule has 0 amide bonds. The average Bonchev–Trinajstić information content (AvgIpc) is 3.34. The molecule has 69 heavy (non-hydrogen) atoms. The van der Waals surface area contributed by atoms with Crippen molar-refractivity contribution in [3.8, 4) is 23.3 Å². The monoisotopic (exact) mass is 1010 g/mol. The minimum atomic E-state index is -7.22. The number of hydrogen-bond acceptors (Lipinski definition) is 3. The molecular weight excluding hydrogens is 995 g/mol. The Morgan fingerprint density at radius 3 is 0.957 bits per heavy atom. The lowest BCUT2D eigenvalue weighted by Crippen LogP contribution is -2.81. The third-order valence-corrected chi connectivity index (χ3v) is 11.9. The largest absolute Gasteiger partial charge is 0.207 e. The van der Waals surface area contributed by atoms with Crippen LogP contribution < -0.4 is 21.9 Å². The molecule has 6 aromatic carbocycles. The Hall–Kier alpha value is -7.59. The fraction of sp³-hybridized carbons (Fsp3) is 0.0455. The van der Waals surface area contributed by atoms with Crippen molar-refractivity contribution in [2.45, 2.75) is 5.75 Å². The first-order valence-electron chi connectivity index (χ1n) is 18.2. The molecular formula is C44H15BF20N2OS. The second kappa shape index (κ2) is 20.3. The molecule has 25 heteroatoms. The second-order valence-electron chi connectivity index (χ2n) is 13.8. The van der Waals surface area contributed by atoms with Gasteiger partial charge in [-0.3, -0.25) is 0 Å². The number of benzene rings is 6. The fourth-order valence-corrected chi connectivity index (χ4v) is 8.61. The third-order valence-electron chi connectivity index (χ3n) is 9.90. The summed E-state index contributed by atoms with van der Waals surface area (Å²) >= 11 is 0. The first kappa shape index (κ1) is 52.4. The van der Waals surface area contributed by atoms with E-state index in [1.807, 2.05) is 60.7 Å². The average molecular weight is 1010 g/mol. The summed E-state index contributed by atoms with van der Waals surface area (Å²) < 4.78 is 307. The lowest BCUT2D eigenvalue weighted by atomic mass is 9.12. The Morgan fingerprint density at radius 2 is 0.681 bits per heavy atom. The lowest BCUT2D eigenvalue weighted by Gasteiger charge is -2.44. The van der Waals surface area contributed by atoms with Gasteiger partial charge in [-0.05, 0) is 24.1 Å². The van der Waals surface area contributed by atoms with Crippen LogP contribution in [0.25, 0.3) is 0 Å². The molecule has 1 atom stereocenters. The molecule has 1 unspecified atom stereocenters. The zero-order valence-electron chi connectivity index (χ0n) is 33.1. The third kappa shape index (κ3) is 9.23. The van der Waals surface area contributed by atoms with Crippen molar-refractivity contribution in [2.24, 2.45) is 0 Å². The van der Waals surface area contributed by atoms with E-state index in [0.29, 0.717) is 0 Å². The normalized spacial score (nSPS) is 11.9. The van der Waals surface area contributed by atoms with Gasteiger partial charge < -0.3 is 0 Å². The Kier molecular flexibility index (Phi) is 15.4. The van der Waals surface area contributed by atoms with Gasteiger partial charge in [-0.1, -0.05) is 52.7 Å². The Morgan fingerprint density at radius 1 is 0.420 bits per heavy atom. The minimum Gasteiger partial charge on any atom is -0.207 e. The molecule has 0 aliphatic heterocycles. The first-order chi connectivity index (χ1) is 32.4. The first-order valence-corrected chi connectivity index (χ1v) is 20.1. The Labute approximate surface area is 374 Å². The number of hydrogen-bond donors (Lipinski definition) is 0. The topological polar surface area (TPSA) is 64.7 Å². The summed E-state index contributed by atoms with van der Waals surface area (Å²) in [4.78, 5) is 0. The van der Waals surface area contributed by atoms with Gasteiger partial charge in [0.2, 0.25) is 0 Å². The van der Waals surface area contributed by atoms with Crippen molar-refractivity contribution in [2.75, 3.05) is 5.75 Å². The summed E-state index contributed by atoms with van der Waals surface area (Å²) in [6.07, 6.45) is -5.81. The number of allylic oxidation sites excluding steroid dienone is 1. The van der Waals surface area contributed by atoms with Crippen molar-refractivity contribution in [1.29, 1.82) is 10.5 Å². The Bertz CT molecular complexity index is 2890. The van der Waals surface area contributed by atoms with Crippen LogP contribution in [0, 0.1) is 150 Å². The van der Waals surface area contributed by atoms with Gasteiger partial charge in [-0.15, -0.1) is 21.9 Å². The summed E-state index contributed by atoms with van der Waals surface area (Å²) in [7, 11) is -2.60. The van der Waals surface area contributed by atoms with E-state index < -0.39 is 154 Å². The molecule has 0 aliphatic carbocycles. The van der Waals surface area contributed by atoms with Gasteiger partial charge in [-0.25, -0.2) is 87.8 Å². The van der Waals surface area contributed by atoms with Crippen LogP contribution in [0.3, 0.4) is 0 Å². The molecule has 0 fully saturated rings. The lowest BCUT2D eigenvalue weighted by molar-refractivity contribution is 0.378. The summed E-state index contributed by atoms with van der Waals surface area (Å²) in [6.45, 7) is 0. The van der Waals surface area contributed by atoms with E-state index in [1.54, 1.807) is 12.1 Å². The zero-order valence-corrected chi connectivity index (χ0v) is 33.9. The van der Waals surface area contributed by atoms with Crippen molar-refractivity contribution in [3.63, 3.8) is 0 Å². The smallest absolute Gasteiger partial charge is 0.200 e. The SMILES string of the molecule is Fc1c(F)c(F)c([B-](c2c(F)c(F)c(F)c(F)c2F)(c2c(F)c(F)c(F)c(F)c2F)c2c(F)c(F)c(F)c(F)c2F)c(F)c1F.N#CC(C#N)=CC[S+](=O)(C#Cc1ccccc1)Cc1ccccc1. The number of rotatable bonds is 8. The van der Waals surface area contributed by atoms with Crippen LogP contribution in [0.2, 0.25) is 0 Å². The van der Waals surface area contributed by atoms with Gasteiger partial charge in [0.05, 0.1) is 0 Å². The van der Waals surface area contributed by atoms with Gasteiger partial charge in [0, 0.05) is 11.1 Å². The molecule has 3 nitrogen and oxygen atoms in total. The highest BCUT2D eigenvalue weighted by Crippen LogP contribution is 2.31. The second-order valence-corrected chi connectivity index (χ2v) is 16.3. The molecule has 6 rings (SSSR count). The molecule has 0 saturated heterocycles. The maximum Gasteiger partial charge on any atom is 0.200 e. The van der Waals surface area contributed by atoms with E-state index in [0.717, 1.165) is 11.1 Å². The summed E-state index contributed by atoms with van der Waals surface area (Å²) in [5.41, 5.74) is -12.7. The van der Waals surface area contributed by atoms with E-state index in [-0.39, 0.29) is 17.1 Å². The quantitative estimate of drug-likeness (QED) is 0.0291. The number of halogens is 20. The Balaban J connectivity index is 0.000000311. The molecule has 356 valence electrons. The highest BCUT2D eigenvalue weighted by Gasteiger charge is 2.52. The van der Waals surface area contributed by atoms with Gasteiger partial charge in [-0.2, -0.15) is 10.5 Å². The van der Waals surface area contributed by atoms with E-state index >= 15 is 35.1 Å². The molecule has 0 spiro atoms. The van der Waals surface area contributed by atoms with Crippen LogP contribution in [-0.2, 0) is 19.9 Å². The predicted octanol–water partition coefficient (Wildman–Crippen LogP) is 9.51. The maximum absolute atomic E-state index is 15.4. The molecule has 0 radical (unpaired) electrons. The summed E-state index contributed by atoms with van der Waals surface area (Å²) in [5.74, 6) is -68.1. The van der Waals surface area contributed by atoms with E-state index in [9.17, 15) is 56.9 Å². The molecule has 0 aliphatic rings. The van der Waals surface area contributed by atoms with E-state index in [1.165, 1.54) is 6.08 Å². The number of nitriles is 2. The van der Waals surface area contributed by atoms with Crippen LogP contribution in [0.4, 0.5) is 87.8 Å². The van der Waals surface area contributed by atoms with Crippen LogP contribution in [0.5, 0.6) is 0 Å².